The molecule has 1 saturated heterocycles. The Kier molecular flexibility index (Phi) is 5.02. The number of hydrogen-bond acceptors (Lipinski definition) is 7. The van der Waals surface area contributed by atoms with E-state index in [1.54, 1.807) is 15.6 Å². The number of nitrogens with one attached hydrogen (secondary N) is 1. The number of ether oxygens (including phenoxy) is 1. The summed E-state index contributed by atoms with van der Waals surface area (Å²) in [5.74, 6) is 1.08. The third-order valence-electron chi connectivity index (χ3n) is 4.73. The Bertz CT molecular complexity index is 847. The molecule has 0 radical (unpaired) electrons. The van der Waals surface area contributed by atoms with Crippen LogP contribution >= 0.6 is 0 Å². The summed E-state index contributed by atoms with van der Waals surface area (Å²) in [5, 5.41) is 20.1. The quantitative estimate of drug-likeness (QED) is 0.855. The number of nitrogens with zero attached hydrogens (tertiary/aromatic N) is 6. The molecule has 2 aromatic rings. The first kappa shape index (κ1) is 17.5. The summed E-state index contributed by atoms with van der Waals surface area (Å²) < 4.78 is 12.6. The maximum atomic E-state index is 12.5. The zero-order chi connectivity index (χ0) is 18.6. The average Bonchev–Trinajstić information content (AvgIpc) is 3.40. The van der Waals surface area contributed by atoms with Crippen molar-refractivity contribution in [1.82, 2.24) is 30.1 Å². The number of urea groups is 1. The highest BCUT2D eigenvalue weighted by Gasteiger charge is 2.24. The monoisotopic (exact) mass is 371 g/mol. The van der Waals surface area contributed by atoms with Crippen LogP contribution in [0.1, 0.15) is 48.5 Å². The summed E-state index contributed by atoms with van der Waals surface area (Å²) in [4.78, 5) is 18.6. The highest BCUT2D eigenvalue weighted by Crippen LogP contribution is 2.26. The molecule has 2 aliphatic heterocycles. The number of nitriles is 1. The Balaban J connectivity index is 1.28. The summed E-state index contributed by atoms with van der Waals surface area (Å²) in [6.07, 6.45) is 3.09. The smallest absolute Gasteiger partial charge is 0.317 e. The Hall–Kier alpha value is -2.93. The first-order chi connectivity index (χ1) is 13.2. The van der Waals surface area contributed by atoms with Gasteiger partial charge in [0.1, 0.15) is 12.2 Å². The summed E-state index contributed by atoms with van der Waals surface area (Å²) in [6, 6.07) is 3.63. The first-order valence-corrected chi connectivity index (χ1v) is 9.16. The number of hydrogen-bond donors (Lipinski definition) is 1. The molecular weight excluding hydrogens is 350 g/mol. The topological polar surface area (TPSA) is 122 Å². The molecule has 1 N–H and O–H groups in total. The molecule has 1 atom stereocenters. The van der Waals surface area contributed by atoms with E-state index < -0.39 is 0 Å². The zero-order valence-electron chi connectivity index (χ0n) is 14.9. The van der Waals surface area contributed by atoms with Crippen LogP contribution in [0, 0.1) is 11.3 Å². The van der Waals surface area contributed by atoms with Crippen molar-refractivity contribution in [2.75, 3.05) is 19.7 Å². The van der Waals surface area contributed by atoms with Gasteiger partial charge in [0.05, 0.1) is 12.2 Å². The number of rotatable bonds is 4. The van der Waals surface area contributed by atoms with Crippen molar-refractivity contribution in [2.24, 2.45) is 0 Å². The first-order valence-electron chi connectivity index (χ1n) is 9.16. The minimum atomic E-state index is -0.147. The van der Waals surface area contributed by atoms with E-state index in [2.05, 4.69) is 20.6 Å². The van der Waals surface area contributed by atoms with Crippen molar-refractivity contribution < 1.29 is 14.1 Å². The SMILES string of the molecule is N#Cc1cc2n(n1)CCCN(C(=O)NCCc1noc(C3CCCO3)n1)C2. The fourth-order valence-electron chi connectivity index (χ4n) is 3.36. The van der Waals surface area contributed by atoms with Crippen molar-refractivity contribution in [3.05, 3.63) is 29.2 Å². The molecule has 0 saturated carbocycles. The molecule has 10 nitrogen and oxygen atoms in total. The van der Waals surface area contributed by atoms with Crippen molar-refractivity contribution in [1.29, 1.82) is 5.26 Å². The minimum Gasteiger partial charge on any atom is -0.368 e. The van der Waals surface area contributed by atoms with E-state index in [9.17, 15) is 4.79 Å². The molecule has 0 bridgehead atoms. The molecular formula is C17H21N7O3. The molecule has 0 aromatic carbocycles. The molecule has 4 rings (SSSR count). The second-order valence-corrected chi connectivity index (χ2v) is 6.66. The molecule has 27 heavy (non-hydrogen) atoms. The number of aromatic nitrogens is 4. The fraction of sp³-hybridized carbons (Fsp3) is 0.588. The Labute approximate surface area is 156 Å². The van der Waals surface area contributed by atoms with E-state index in [4.69, 9.17) is 14.5 Å². The van der Waals surface area contributed by atoms with Gasteiger partial charge in [-0.25, -0.2) is 4.79 Å². The van der Waals surface area contributed by atoms with E-state index >= 15 is 0 Å². The molecule has 10 heteroatoms. The summed E-state index contributed by atoms with van der Waals surface area (Å²) in [5.41, 5.74) is 1.25. The molecule has 4 heterocycles. The van der Waals surface area contributed by atoms with Gasteiger partial charge in [0.15, 0.2) is 11.5 Å². The van der Waals surface area contributed by atoms with Crippen LogP contribution in [-0.4, -0.2) is 50.5 Å². The Morgan fingerprint density at radius 1 is 1.41 bits per heavy atom. The molecule has 142 valence electrons. The van der Waals surface area contributed by atoms with E-state index in [0.717, 1.165) is 31.6 Å². The average molecular weight is 371 g/mol. The lowest BCUT2D eigenvalue weighted by Gasteiger charge is -2.20. The second kappa shape index (κ2) is 7.75. The number of aryl methyl sites for hydroxylation is 1. The Morgan fingerprint density at radius 3 is 3.15 bits per heavy atom. The lowest BCUT2D eigenvalue weighted by molar-refractivity contribution is 0.0835. The van der Waals surface area contributed by atoms with Gasteiger partial charge in [-0.15, -0.1) is 0 Å². The van der Waals surface area contributed by atoms with Crippen molar-refractivity contribution in [3.8, 4) is 6.07 Å². The van der Waals surface area contributed by atoms with Crippen molar-refractivity contribution in [2.45, 2.75) is 44.9 Å². The van der Waals surface area contributed by atoms with Crippen LogP contribution in [0.2, 0.25) is 0 Å². The molecule has 1 unspecified atom stereocenters. The van der Waals surface area contributed by atoms with E-state index in [1.807, 2.05) is 6.07 Å². The van der Waals surface area contributed by atoms with Gasteiger partial charge in [-0.1, -0.05) is 5.16 Å². The number of fused-ring (bicyclic) bond motifs is 1. The van der Waals surface area contributed by atoms with E-state index in [1.165, 1.54) is 0 Å². The molecule has 1 fully saturated rings. The minimum absolute atomic E-state index is 0.0962. The molecule has 2 aromatic heterocycles. The van der Waals surface area contributed by atoms with Crippen LogP contribution in [0.3, 0.4) is 0 Å². The summed E-state index contributed by atoms with van der Waals surface area (Å²) in [7, 11) is 0. The number of carbonyl (C=O) groups is 1. The third-order valence-corrected chi connectivity index (χ3v) is 4.73. The maximum absolute atomic E-state index is 12.5. The number of carbonyl (C=O) groups excluding carboxylic acids is 1. The summed E-state index contributed by atoms with van der Waals surface area (Å²) in [6.45, 7) is 2.93. The van der Waals surface area contributed by atoms with E-state index in [-0.39, 0.29) is 12.1 Å². The van der Waals surface area contributed by atoms with Crippen LogP contribution < -0.4 is 5.32 Å². The third kappa shape index (κ3) is 3.93. The van der Waals surface area contributed by atoms with Gasteiger partial charge < -0.3 is 19.5 Å². The second-order valence-electron chi connectivity index (χ2n) is 6.66. The van der Waals surface area contributed by atoms with Crippen molar-refractivity contribution in [3.63, 3.8) is 0 Å². The largest absolute Gasteiger partial charge is 0.368 e. The zero-order valence-corrected chi connectivity index (χ0v) is 14.9. The molecule has 0 aliphatic carbocycles. The van der Waals surface area contributed by atoms with Gasteiger partial charge in [-0.3, -0.25) is 4.68 Å². The summed E-state index contributed by atoms with van der Waals surface area (Å²) >= 11 is 0. The predicted molar refractivity (Wildman–Crippen MR) is 91.3 cm³/mol. The molecule has 2 aliphatic rings. The van der Waals surface area contributed by atoms with Crippen LogP contribution in [0.15, 0.2) is 10.6 Å². The standard InChI is InChI=1S/C17H21N7O3/c18-10-12-9-13-11-23(6-2-7-24(13)21-12)17(25)19-5-4-15-20-16(27-22-15)14-3-1-8-26-14/h9,14H,1-8,11H2,(H,19,25). The lowest BCUT2D eigenvalue weighted by atomic mass is 10.2. The maximum Gasteiger partial charge on any atom is 0.317 e. The van der Waals surface area contributed by atoms with E-state index in [0.29, 0.717) is 50.0 Å². The fourth-order valence-corrected chi connectivity index (χ4v) is 3.36. The van der Waals surface area contributed by atoms with Gasteiger partial charge in [0.2, 0.25) is 0 Å². The van der Waals surface area contributed by atoms with Crippen LogP contribution in [-0.2, 0) is 24.2 Å². The van der Waals surface area contributed by atoms with Gasteiger partial charge in [0.25, 0.3) is 5.89 Å². The van der Waals surface area contributed by atoms with Gasteiger partial charge in [-0.05, 0) is 25.3 Å². The van der Waals surface area contributed by atoms with Crippen LogP contribution in [0.5, 0.6) is 0 Å². The predicted octanol–water partition coefficient (Wildman–Crippen LogP) is 1.15. The normalized spacial score (nSPS) is 19.4. The van der Waals surface area contributed by atoms with Crippen molar-refractivity contribution >= 4 is 6.03 Å². The van der Waals surface area contributed by atoms with Gasteiger partial charge in [0, 0.05) is 32.7 Å². The lowest BCUT2D eigenvalue weighted by Crippen LogP contribution is -2.40. The molecule has 0 spiro atoms. The highest BCUT2D eigenvalue weighted by molar-refractivity contribution is 5.74. The van der Waals surface area contributed by atoms with Crippen LogP contribution in [0.25, 0.3) is 0 Å². The van der Waals surface area contributed by atoms with Gasteiger partial charge >= 0.3 is 6.03 Å². The molecule has 2 amide bonds. The number of amides is 2. The van der Waals surface area contributed by atoms with Gasteiger partial charge in [-0.2, -0.15) is 15.3 Å². The highest BCUT2D eigenvalue weighted by atomic mass is 16.5. The van der Waals surface area contributed by atoms with Crippen LogP contribution in [0.4, 0.5) is 4.79 Å². The Morgan fingerprint density at radius 2 is 2.33 bits per heavy atom.